The first-order valence-electron chi connectivity index (χ1n) is 6.81. The second-order valence-electron chi connectivity index (χ2n) is 5.00. The molecule has 0 saturated carbocycles. The zero-order chi connectivity index (χ0) is 15.4. The molecule has 0 bridgehead atoms. The number of benzene rings is 1. The van der Waals surface area contributed by atoms with Gasteiger partial charge in [-0.2, -0.15) is 0 Å². The van der Waals surface area contributed by atoms with Crippen LogP contribution in [0.3, 0.4) is 0 Å². The predicted molar refractivity (Wildman–Crippen MR) is 83.6 cm³/mol. The highest BCUT2D eigenvalue weighted by atomic mass is 79.9. The summed E-state index contributed by atoms with van der Waals surface area (Å²) in [6, 6.07) is 5.23. The van der Waals surface area contributed by atoms with Crippen molar-refractivity contribution in [2.45, 2.75) is 19.1 Å². The van der Waals surface area contributed by atoms with Gasteiger partial charge in [-0.15, -0.1) is 0 Å². The number of halogens is 1. The number of carbonyl (C=O) groups excluding carboxylic acids is 1. The van der Waals surface area contributed by atoms with Crippen LogP contribution in [0, 0.1) is 0 Å². The molecule has 5 nitrogen and oxygen atoms in total. The lowest BCUT2D eigenvalue weighted by Crippen LogP contribution is -2.49. The maximum atomic E-state index is 12.7. The van der Waals surface area contributed by atoms with Crippen molar-refractivity contribution >= 4 is 21.8 Å². The highest BCUT2D eigenvalue weighted by Gasteiger charge is 2.29. The number of hydrogen-bond acceptors (Lipinski definition) is 4. The number of nitrogens with zero attached hydrogens (tertiary/aromatic N) is 1. The predicted octanol–water partition coefficient (Wildman–Crippen LogP) is 2.33. The van der Waals surface area contributed by atoms with Gasteiger partial charge in [0.2, 0.25) is 0 Å². The van der Waals surface area contributed by atoms with E-state index in [1.54, 1.807) is 32.4 Å². The maximum Gasteiger partial charge on any atom is 0.257 e. The fourth-order valence-electron chi connectivity index (χ4n) is 2.44. The average Bonchev–Trinajstić information content (AvgIpc) is 2.52. The summed E-state index contributed by atoms with van der Waals surface area (Å²) < 4.78 is 16.2. The minimum absolute atomic E-state index is 0.0157. The molecule has 0 aromatic heterocycles. The Morgan fingerprint density at radius 3 is 2.76 bits per heavy atom. The third-order valence-electron chi connectivity index (χ3n) is 3.42. The summed E-state index contributed by atoms with van der Waals surface area (Å²) in [7, 11) is 3.13. The molecule has 2 atom stereocenters. The molecule has 1 aromatic carbocycles. The van der Waals surface area contributed by atoms with E-state index in [1.807, 2.05) is 11.8 Å². The summed E-state index contributed by atoms with van der Waals surface area (Å²) in [5.41, 5.74) is 0.542. The van der Waals surface area contributed by atoms with E-state index in [9.17, 15) is 4.79 Å². The van der Waals surface area contributed by atoms with E-state index >= 15 is 0 Å². The van der Waals surface area contributed by atoms with Crippen LogP contribution in [-0.2, 0) is 4.74 Å². The zero-order valence-corrected chi connectivity index (χ0v) is 14.1. The third kappa shape index (κ3) is 3.68. The Bertz CT molecular complexity index is 508. The van der Waals surface area contributed by atoms with E-state index in [0.717, 1.165) is 0 Å². The van der Waals surface area contributed by atoms with Gasteiger partial charge in [-0.1, -0.05) is 15.9 Å². The standard InChI is InChI=1S/C15H20BrNO4/c1-10-8-17(9-12(7-16)21-10)15(18)13-5-4-11(19-2)6-14(13)20-3/h4-6,10,12H,7-9H2,1-3H3. The molecule has 0 aliphatic carbocycles. The summed E-state index contributed by atoms with van der Waals surface area (Å²) in [5.74, 6) is 1.14. The van der Waals surface area contributed by atoms with Crippen molar-refractivity contribution < 1.29 is 19.0 Å². The number of hydrogen-bond donors (Lipinski definition) is 0. The van der Waals surface area contributed by atoms with Crippen LogP contribution in [0.1, 0.15) is 17.3 Å². The number of carbonyl (C=O) groups is 1. The molecular formula is C15H20BrNO4. The Morgan fingerprint density at radius 1 is 1.38 bits per heavy atom. The van der Waals surface area contributed by atoms with E-state index in [1.165, 1.54) is 0 Å². The molecule has 0 spiro atoms. The zero-order valence-electron chi connectivity index (χ0n) is 12.5. The average molecular weight is 358 g/mol. The van der Waals surface area contributed by atoms with Crippen molar-refractivity contribution in [2.24, 2.45) is 0 Å². The SMILES string of the molecule is COc1ccc(C(=O)N2CC(C)OC(CBr)C2)c(OC)c1. The molecule has 1 amide bonds. The van der Waals surface area contributed by atoms with Crippen LogP contribution in [0.5, 0.6) is 11.5 Å². The number of morpholine rings is 1. The van der Waals surface area contributed by atoms with Gasteiger partial charge in [0.25, 0.3) is 5.91 Å². The summed E-state index contributed by atoms with van der Waals surface area (Å²) in [6.45, 7) is 3.13. The van der Waals surface area contributed by atoms with Gasteiger partial charge in [-0.05, 0) is 19.1 Å². The van der Waals surface area contributed by atoms with Crippen molar-refractivity contribution in [3.05, 3.63) is 23.8 Å². The third-order valence-corrected chi connectivity index (χ3v) is 4.15. The van der Waals surface area contributed by atoms with Gasteiger partial charge in [0.05, 0.1) is 32.0 Å². The van der Waals surface area contributed by atoms with Crippen molar-refractivity contribution in [2.75, 3.05) is 32.6 Å². The van der Waals surface area contributed by atoms with Gasteiger partial charge in [-0.3, -0.25) is 4.79 Å². The fraction of sp³-hybridized carbons (Fsp3) is 0.533. The first kappa shape index (κ1) is 16.1. The molecule has 0 N–H and O–H groups in total. The molecule has 1 aromatic rings. The number of amides is 1. The quantitative estimate of drug-likeness (QED) is 0.776. The van der Waals surface area contributed by atoms with Crippen molar-refractivity contribution in [1.82, 2.24) is 4.90 Å². The Hall–Kier alpha value is -1.27. The van der Waals surface area contributed by atoms with E-state index < -0.39 is 0 Å². The molecule has 0 radical (unpaired) electrons. The number of rotatable bonds is 4. The Balaban J connectivity index is 2.22. The summed E-state index contributed by atoms with van der Waals surface area (Å²) in [5, 5.41) is 0.709. The lowest BCUT2D eigenvalue weighted by molar-refractivity contribution is -0.0560. The normalized spacial score (nSPS) is 22.0. The smallest absolute Gasteiger partial charge is 0.257 e. The summed E-state index contributed by atoms with van der Waals surface area (Å²) >= 11 is 3.41. The Morgan fingerprint density at radius 2 is 2.14 bits per heavy atom. The number of alkyl halides is 1. The number of methoxy groups -OCH3 is 2. The lowest BCUT2D eigenvalue weighted by atomic mass is 10.1. The minimum atomic E-state index is -0.0457. The van der Waals surface area contributed by atoms with Crippen LogP contribution >= 0.6 is 15.9 Å². The van der Waals surface area contributed by atoms with Crippen LogP contribution in [-0.4, -0.2) is 55.7 Å². The van der Waals surface area contributed by atoms with Gasteiger partial charge < -0.3 is 19.1 Å². The number of ether oxygens (including phenoxy) is 3. The van der Waals surface area contributed by atoms with Crippen LogP contribution in [0.15, 0.2) is 18.2 Å². The molecule has 1 fully saturated rings. The Kier molecular flexibility index (Phi) is 5.47. The molecule has 21 heavy (non-hydrogen) atoms. The molecule has 1 saturated heterocycles. The highest BCUT2D eigenvalue weighted by molar-refractivity contribution is 9.09. The summed E-state index contributed by atoms with van der Waals surface area (Å²) in [4.78, 5) is 14.5. The topological polar surface area (TPSA) is 48.0 Å². The highest BCUT2D eigenvalue weighted by Crippen LogP contribution is 2.27. The van der Waals surface area contributed by atoms with Crippen molar-refractivity contribution in [1.29, 1.82) is 0 Å². The van der Waals surface area contributed by atoms with E-state index in [2.05, 4.69) is 15.9 Å². The maximum absolute atomic E-state index is 12.7. The molecular weight excluding hydrogens is 338 g/mol. The van der Waals surface area contributed by atoms with E-state index in [0.29, 0.717) is 35.5 Å². The van der Waals surface area contributed by atoms with Crippen molar-refractivity contribution in [3.63, 3.8) is 0 Å². The first-order chi connectivity index (χ1) is 10.1. The largest absolute Gasteiger partial charge is 0.497 e. The second-order valence-corrected chi connectivity index (χ2v) is 5.65. The Labute approximate surface area is 133 Å². The second kappa shape index (κ2) is 7.13. The molecule has 2 unspecified atom stereocenters. The summed E-state index contributed by atoms with van der Waals surface area (Å²) in [6.07, 6.45) is 0.0384. The van der Waals surface area contributed by atoms with Gasteiger partial charge in [-0.25, -0.2) is 0 Å². The van der Waals surface area contributed by atoms with Crippen LogP contribution in [0.25, 0.3) is 0 Å². The van der Waals surface area contributed by atoms with Gasteiger partial charge in [0, 0.05) is 24.5 Å². The monoisotopic (exact) mass is 357 g/mol. The molecule has 1 aliphatic heterocycles. The van der Waals surface area contributed by atoms with Crippen LogP contribution in [0.2, 0.25) is 0 Å². The van der Waals surface area contributed by atoms with E-state index in [-0.39, 0.29) is 18.1 Å². The minimum Gasteiger partial charge on any atom is -0.497 e. The molecule has 1 heterocycles. The molecule has 6 heteroatoms. The van der Waals surface area contributed by atoms with Gasteiger partial charge >= 0.3 is 0 Å². The fourth-order valence-corrected chi connectivity index (χ4v) is 2.80. The van der Waals surface area contributed by atoms with Gasteiger partial charge in [0.15, 0.2) is 0 Å². The van der Waals surface area contributed by atoms with Crippen molar-refractivity contribution in [3.8, 4) is 11.5 Å². The lowest BCUT2D eigenvalue weighted by Gasteiger charge is -2.36. The first-order valence-corrected chi connectivity index (χ1v) is 7.94. The van der Waals surface area contributed by atoms with Crippen LogP contribution in [0.4, 0.5) is 0 Å². The molecule has 116 valence electrons. The van der Waals surface area contributed by atoms with Gasteiger partial charge in [0.1, 0.15) is 11.5 Å². The van der Waals surface area contributed by atoms with E-state index in [4.69, 9.17) is 14.2 Å². The molecule has 1 aliphatic rings. The van der Waals surface area contributed by atoms with Crippen LogP contribution < -0.4 is 9.47 Å². The molecule has 2 rings (SSSR count).